The van der Waals surface area contributed by atoms with E-state index in [9.17, 15) is 4.79 Å². The van der Waals surface area contributed by atoms with Gasteiger partial charge in [-0.05, 0) is 38.0 Å². The monoisotopic (exact) mass is 489 g/mol. The second-order valence-corrected chi connectivity index (χ2v) is 9.99. The Morgan fingerprint density at radius 2 is 2.21 bits per heavy atom. The number of imidazole rings is 1. The molecular formula is C22H25ClFN7O3. The maximum atomic E-state index is 15.2. The van der Waals surface area contributed by atoms with Gasteiger partial charge < -0.3 is 20.1 Å². The highest BCUT2D eigenvalue weighted by molar-refractivity contribution is 6.33. The predicted octanol–water partition coefficient (Wildman–Crippen LogP) is 3.86. The van der Waals surface area contributed by atoms with Crippen molar-refractivity contribution >= 4 is 35.1 Å². The van der Waals surface area contributed by atoms with Gasteiger partial charge in [-0.15, -0.1) is 0 Å². The molecular weight excluding hydrogens is 465 g/mol. The van der Waals surface area contributed by atoms with Gasteiger partial charge in [0.05, 0.1) is 18.5 Å². The van der Waals surface area contributed by atoms with Gasteiger partial charge in [0.25, 0.3) is 0 Å². The van der Waals surface area contributed by atoms with Gasteiger partial charge in [-0.1, -0.05) is 11.6 Å². The Kier molecular flexibility index (Phi) is 5.14. The summed E-state index contributed by atoms with van der Waals surface area (Å²) in [4.78, 5) is 21.0. The van der Waals surface area contributed by atoms with E-state index in [0.29, 0.717) is 53.3 Å². The number of alkyl halides is 1. The number of rotatable bonds is 7. The number of hydrogen-bond donors (Lipinski definition) is 3. The van der Waals surface area contributed by atoms with E-state index in [1.54, 1.807) is 23.8 Å². The van der Waals surface area contributed by atoms with Crippen LogP contribution in [0.25, 0.3) is 5.65 Å². The molecule has 0 spiro atoms. The van der Waals surface area contributed by atoms with Crippen LogP contribution in [0, 0.1) is 5.92 Å². The number of anilines is 2. The van der Waals surface area contributed by atoms with E-state index in [2.05, 4.69) is 30.8 Å². The summed E-state index contributed by atoms with van der Waals surface area (Å²) < 4.78 is 27.5. The number of H-pyrrole nitrogens is 1. The van der Waals surface area contributed by atoms with Crippen molar-refractivity contribution in [2.45, 2.75) is 62.4 Å². The lowest BCUT2D eigenvalue weighted by Crippen LogP contribution is -2.68. The first-order valence-electron chi connectivity index (χ1n) is 11.4. The summed E-state index contributed by atoms with van der Waals surface area (Å²) >= 11 is 6.23. The first-order chi connectivity index (χ1) is 16.4. The highest BCUT2D eigenvalue weighted by Gasteiger charge is 2.58. The molecule has 4 saturated carbocycles. The van der Waals surface area contributed by atoms with Gasteiger partial charge in [0.1, 0.15) is 17.3 Å². The first kappa shape index (κ1) is 21.6. The summed E-state index contributed by atoms with van der Waals surface area (Å²) in [6, 6.07) is 1.75. The highest BCUT2D eigenvalue weighted by atomic mass is 35.5. The van der Waals surface area contributed by atoms with Crippen LogP contribution in [0.5, 0.6) is 0 Å². The largest absolute Gasteiger partial charge is 0.443 e. The summed E-state index contributed by atoms with van der Waals surface area (Å²) in [6.45, 7) is 0.340. The number of nitrogens with zero attached hydrogens (tertiary/aromatic N) is 4. The van der Waals surface area contributed by atoms with Gasteiger partial charge in [0.2, 0.25) is 5.95 Å². The van der Waals surface area contributed by atoms with Crippen LogP contribution >= 0.6 is 11.6 Å². The van der Waals surface area contributed by atoms with Gasteiger partial charge in [-0.3, -0.25) is 9.50 Å². The minimum absolute atomic E-state index is 0.0871. The lowest BCUT2D eigenvalue weighted by molar-refractivity contribution is -0.0532. The molecule has 3 heterocycles. The van der Waals surface area contributed by atoms with Crippen LogP contribution in [-0.4, -0.2) is 55.6 Å². The number of methoxy groups -OCH3 is 1. The average Bonchev–Trinajstić information content (AvgIpc) is 3.47. The summed E-state index contributed by atoms with van der Waals surface area (Å²) in [5, 5.41) is 13.6. The summed E-state index contributed by atoms with van der Waals surface area (Å²) in [5.41, 5.74) is 1.80. The van der Waals surface area contributed by atoms with Crippen molar-refractivity contribution in [2.24, 2.45) is 5.92 Å². The Balaban J connectivity index is 1.12. The minimum atomic E-state index is -1.31. The fourth-order valence-electron chi connectivity index (χ4n) is 5.40. The number of ether oxygens (including phenoxy) is 2. The minimum Gasteiger partial charge on any atom is -0.443 e. The number of aromatic nitrogens is 5. The fraction of sp³-hybridized carbons (Fsp3) is 0.545. The Morgan fingerprint density at radius 3 is 2.94 bits per heavy atom. The molecule has 12 heteroatoms. The van der Waals surface area contributed by atoms with Gasteiger partial charge in [-0.25, -0.2) is 19.2 Å². The van der Waals surface area contributed by atoms with E-state index in [0.717, 1.165) is 25.2 Å². The number of hydrogen-bond acceptors (Lipinski definition) is 7. The zero-order valence-corrected chi connectivity index (χ0v) is 19.3. The topological polar surface area (TPSA) is 118 Å². The maximum Gasteiger partial charge on any atom is 0.407 e. The van der Waals surface area contributed by atoms with Crippen LogP contribution < -0.4 is 10.6 Å². The number of aromatic amines is 1. The molecule has 3 aromatic rings. The number of amides is 1. The van der Waals surface area contributed by atoms with Crippen molar-refractivity contribution in [3.05, 3.63) is 34.9 Å². The third-order valence-electron chi connectivity index (χ3n) is 7.19. The number of carbonyl (C=O) groups is 1. The molecule has 0 unspecified atom stereocenters. The molecule has 4 aliphatic carbocycles. The van der Waals surface area contributed by atoms with Gasteiger partial charge in [-0.2, -0.15) is 5.10 Å². The van der Waals surface area contributed by atoms with Crippen LogP contribution in [-0.2, 0) is 16.1 Å². The summed E-state index contributed by atoms with van der Waals surface area (Å²) in [5.74, 6) is 1.25. The molecule has 7 rings (SSSR count). The first-order valence-corrected chi connectivity index (χ1v) is 11.8. The standard InChI is InChI=1S/C22H25ClFN7O3/c1-33-10-12-9-31-19(26-12)14(23)8-25-20(31)27-17-4-15(29-30-17)13-2-3-16(18(13)24)34-21(32)28-22-5-11(6-22)7-22/h4,8-9,11,13,16,18H,2-3,5-7,10H2,1H3,(H,28,32)(H2,25,27,29,30)/t11?,13-,16-,18-,22?/m0/s1. The quantitative estimate of drug-likeness (QED) is 0.461. The molecule has 34 heavy (non-hydrogen) atoms. The second-order valence-electron chi connectivity index (χ2n) is 9.58. The van der Waals surface area contributed by atoms with E-state index in [1.165, 1.54) is 6.20 Å². The second kappa shape index (κ2) is 8.09. The van der Waals surface area contributed by atoms with Crippen LogP contribution in [0.15, 0.2) is 18.5 Å². The molecule has 180 valence electrons. The normalized spacial score (nSPS) is 29.5. The van der Waals surface area contributed by atoms with Gasteiger partial charge in [0.15, 0.2) is 11.5 Å². The molecule has 3 atom stereocenters. The number of carbonyl (C=O) groups excluding carboxylic acids is 1. The molecule has 3 aromatic heterocycles. The lowest BCUT2D eigenvalue weighted by Gasteiger charge is -2.61. The van der Waals surface area contributed by atoms with Crippen molar-refractivity contribution in [1.82, 2.24) is 29.9 Å². The van der Waals surface area contributed by atoms with Crippen molar-refractivity contribution in [3.8, 4) is 0 Å². The molecule has 4 fully saturated rings. The molecule has 1 amide bonds. The van der Waals surface area contributed by atoms with E-state index in [-0.39, 0.29) is 5.54 Å². The molecule has 10 nitrogen and oxygen atoms in total. The lowest BCUT2D eigenvalue weighted by atomic mass is 9.50. The smallest absolute Gasteiger partial charge is 0.407 e. The summed E-state index contributed by atoms with van der Waals surface area (Å²) in [6.07, 6.45) is 4.76. The number of fused-ring (bicyclic) bond motifs is 1. The molecule has 4 aliphatic rings. The zero-order chi connectivity index (χ0) is 23.4. The van der Waals surface area contributed by atoms with E-state index >= 15 is 4.39 Å². The van der Waals surface area contributed by atoms with Crippen LogP contribution in [0.3, 0.4) is 0 Å². The van der Waals surface area contributed by atoms with Crippen molar-refractivity contribution in [2.75, 3.05) is 12.4 Å². The van der Waals surface area contributed by atoms with Gasteiger partial charge >= 0.3 is 6.09 Å². The Morgan fingerprint density at radius 1 is 1.38 bits per heavy atom. The zero-order valence-electron chi connectivity index (χ0n) is 18.6. The molecule has 0 saturated heterocycles. The average molecular weight is 490 g/mol. The molecule has 0 radical (unpaired) electrons. The Hall–Kier alpha value is -2.92. The Labute approximate surface area is 199 Å². The highest BCUT2D eigenvalue weighted by Crippen LogP contribution is 2.57. The van der Waals surface area contributed by atoms with Gasteiger partial charge in [0, 0.05) is 36.5 Å². The Bertz CT molecular complexity index is 1230. The van der Waals surface area contributed by atoms with E-state index < -0.39 is 24.3 Å². The summed E-state index contributed by atoms with van der Waals surface area (Å²) in [7, 11) is 1.59. The van der Waals surface area contributed by atoms with Crippen LogP contribution in [0.2, 0.25) is 5.02 Å². The molecule has 0 aliphatic heterocycles. The van der Waals surface area contributed by atoms with Crippen LogP contribution in [0.1, 0.15) is 49.4 Å². The van der Waals surface area contributed by atoms with Crippen molar-refractivity contribution in [3.63, 3.8) is 0 Å². The third-order valence-corrected chi connectivity index (χ3v) is 7.46. The third kappa shape index (κ3) is 3.67. The number of nitrogens with one attached hydrogen (secondary N) is 3. The fourth-order valence-corrected chi connectivity index (χ4v) is 5.58. The SMILES string of the molecule is COCc1cn2c(Nc3cc([C@@H]4CC[C@H](OC(=O)NC56CC(C5)C6)[C@H]4F)[nH]n3)ncc(Cl)c2n1. The van der Waals surface area contributed by atoms with E-state index in [4.69, 9.17) is 21.1 Å². The predicted molar refractivity (Wildman–Crippen MR) is 121 cm³/mol. The van der Waals surface area contributed by atoms with E-state index in [1.807, 2.05) is 0 Å². The number of alkyl carbamates (subject to hydrolysis) is 1. The molecule has 2 bridgehead atoms. The van der Waals surface area contributed by atoms with Crippen LogP contribution in [0.4, 0.5) is 21.0 Å². The molecule has 0 aromatic carbocycles. The maximum absolute atomic E-state index is 15.2. The van der Waals surface area contributed by atoms with Crippen molar-refractivity contribution < 1.29 is 18.7 Å². The molecule has 3 N–H and O–H groups in total. The van der Waals surface area contributed by atoms with Crippen molar-refractivity contribution in [1.29, 1.82) is 0 Å². The number of halogens is 2.